The van der Waals surface area contributed by atoms with Gasteiger partial charge in [-0.2, -0.15) is 0 Å². The Balaban J connectivity index is 1.62. The Kier molecular flexibility index (Phi) is 5.74. The van der Waals surface area contributed by atoms with E-state index in [1.54, 1.807) is 11.3 Å². The minimum absolute atomic E-state index is 0.133. The van der Waals surface area contributed by atoms with Crippen LogP contribution < -0.4 is 5.32 Å². The van der Waals surface area contributed by atoms with Crippen molar-refractivity contribution < 1.29 is 4.79 Å². The Labute approximate surface area is 124 Å². The molecule has 0 aliphatic rings. The van der Waals surface area contributed by atoms with Crippen LogP contribution in [0.2, 0.25) is 0 Å². The van der Waals surface area contributed by atoms with Gasteiger partial charge in [0, 0.05) is 24.8 Å². The average molecular weight is 288 g/mol. The van der Waals surface area contributed by atoms with Crippen molar-refractivity contribution >= 4 is 17.2 Å². The van der Waals surface area contributed by atoms with E-state index in [1.807, 2.05) is 17.0 Å². The first-order valence-electron chi connectivity index (χ1n) is 6.94. The smallest absolute Gasteiger partial charge is 0.220 e. The lowest BCUT2D eigenvalue weighted by molar-refractivity contribution is -0.121. The highest BCUT2D eigenvalue weighted by Crippen LogP contribution is 2.10. The van der Waals surface area contributed by atoms with Crippen LogP contribution in [0.3, 0.4) is 0 Å². The maximum atomic E-state index is 11.7. The zero-order chi connectivity index (χ0) is 14.2. The van der Waals surface area contributed by atoms with E-state index in [9.17, 15) is 4.79 Å². The molecular weight excluding hydrogens is 268 g/mol. The molecule has 3 nitrogen and oxygen atoms in total. The number of nitrogens with zero attached hydrogens (tertiary/aromatic N) is 1. The molecule has 2 aromatic rings. The Morgan fingerprint density at radius 1 is 1.30 bits per heavy atom. The van der Waals surface area contributed by atoms with Gasteiger partial charge >= 0.3 is 0 Å². The Morgan fingerprint density at radius 2 is 2.15 bits per heavy atom. The molecule has 0 saturated heterocycles. The molecule has 1 N–H and O–H groups in total. The number of amides is 1. The van der Waals surface area contributed by atoms with Crippen molar-refractivity contribution in [2.45, 2.75) is 32.6 Å². The second kappa shape index (κ2) is 7.80. The van der Waals surface area contributed by atoms with Gasteiger partial charge in [-0.25, -0.2) is 4.98 Å². The summed E-state index contributed by atoms with van der Waals surface area (Å²) in [6, 6.07) is 8.35. The summed E-state index contributed by atoms with van der Waals surface area (Å²) in [7, 11) is 0. The van der Waals surface area contributed by atoms with Gasteiger partial charge in [0.2, 0.25) is 5.91 Å². The van der Waals surface area contributed by atoms with Gasteiger partial charge in [-0.3, -0.25) is 4.79 Å². The average Bonchev–Trinajstić information content (AvgIpc) is 2.94. The molecule has 2 rings (SSSR count). The highest BCUT2D eigenvalue weighted by Gasteiger charge is 2.03. The maximum Gasteiger partial charge on any atom is 0.220 e. The second-order valence-electron chi connectivity index (χ2n) is 4.86. The zero-order valence-electron chi connectivity index (χ0n) is 11.8. The largest absolute Gasteiger partial charge is 0.356 e. The molecule has 106 valence electrons. The lowest BCUT2D eigenvalue weighted by Crippen LogP contribution is -2.25. The summed E-state index contributed by atoms with van der Waals surface area (Å²) in [5.41, 5.74) is 5.51. The van der Waals surface area contributed by atoms with Crippen LogP contribution in [0.1, 0.15) is 29.7 Å². The van der Waals surface area contributed by atoms with Gasteiger partial charge in [0.1, 0.15) is 0 Å². The molecular formula is C16H20N2OS. The highest BCUT2D eigenvalue weighted by atomic mass is 32.1. The molecule has 1 heterocycles. The fraction of sp³-hybridized carbons (Fsp3) is 0.375. The Morgan fingerprint density at radius 3 is 2.90 bits per heavy atom. The predicted molar refractivity (Wildman–Crippen MR) is 82.9 cm³/mol. The van der Waals surface area contributed by atoms with Crippen molar-refractivity contribution in [3.8, 4) is 0 Å². The fourth-order valence-corrected chi connectivity index (χ4v) is 2.70. The number of aromatic nitrogens is 1. The van der Waals surface area contributed by atoms with Gasteiger partial charge in [-0.15, -0.1) is 11.3 Å². The summed E-state index contributed by atoms with van der Waals surface area (Å²) in [5.74, 6) is 0.133. The third-order valence-electron chi connectivity index (χ3n) is 3.30. The number of rotatable bonds is 7. The zero-order valence-corrected chi connectivity index (χ0v) is 12.6. The summed E-state index contributed by atoms with van der Waals surface area (Å²) in [6.07, 6.45) is 3.26. The van der Waals surface area contributed by atoms with Crippen LogP contribution in [-0.2, 0) is 17.6 Å². The number of carbonyl (C=O) groups is 1. The van der Waals surface area contributed by atoms with Crippen LogP contribution in [0, 0.1) is 6.92 Å². The molecule has 0 unspecified atom stereocenters. The van der Waals surface area contributed by atoms with Crippen LogP contribution in [0.25, 0.3) is 0 Å². The van der Waals surface area contributed by atoms with Gasteiger partial charge in [0.25, 0.3) is 0 Å². The first-order valence-corrected chi connectivity index (χ1v) is 7.88. The van der Waals surface area contributed by atoms with Crippen molar-refractivity contribution in [2.24, 2.45) is 0 Å². The lowest BCUT2D eigenvalue weighted by atomic mass is 10.0. The van der Waals surface area contributed by atoms with E-state index in [2.05, 4.69) is 35.4 Å². The third kappa shape index (κ3) is 4.78. The Bertz CT molecular complexity index is 537. The summed E-state index contributed by atoms with van der Waals surface area (Å²) < 4.78 is 0. The van der Waals surface area contributed by atoms with Crippen LogP contribution in [0.5, 0.6) is 0 Å². The van der Waals surface area contributed by atoms with Crippen molar-refractivity contribution in [3.63, 3.8) is 0 Å². The minimum Gasteiger partial charge on any atom is -0.356 e. The summed E-state index contributed by atoms with van der Waals surface area (Å²) >= 11 is 1.59. The van der Waals surface area contributed by atoms with E-state index in [-0.39, 0.29) is 5.91 Å². The number of nitrogens with one attached hydrogen (secondary N) is 1. The highest BCUT2D eigenvalue weighted by molar-refractivity contribution is 7.07. The van der Waals surface area contributed by atoms with Crippen LogP contribution in [0.15, 0.2) is 35.2 Å². The molecule has 0 bridgehead atoms. The number of carbonyl (C=O) groups excluding carboxylic acids is 1. The van der Waals surface area contributed by atoms with E-state index in [0.29, 0.717) is 13.0 Å². The minimum atomic E-state index is 0.133. The number of hydrogen-bond donors (Lipinski definition) is 1. The number of thiazole rings is 1. The molecule has 1 amide bonds. The van der Waals surface area contributed by atoms with Gasteiger partial charge in [-0.1, -0.05) is 24.3 Å². The topological polar surface area (TPSA) is 42.0 Å². The molecule has 1 aromatic carbocycles. The second-order valence-corrected chi connectivity index (χ2v) is 5.58. The van der Waals surface area contributed by atoms with Crippen LogP contribution in [0.4, 0.5) is 0 Å². The molecule has 20 heavy (non-hydrogen) atoms. The molecule has 0 spiro atoms. The molecule has 0 aliphatic carbocycles. The molecule has 1 aromatic heterocycles. The monoisotopic (exact) mass is 288 g/mol. The molecule has 4 heteroatoms. The van der Waals surface area contributed by atoms with E-state index in [4.69, 9.17) is 0 Å². The molecule has 0 atom stereocenters. The first kappa shape index (κ1) is 14.7. The van der Waals surface area contributed by atoms with E-state index in [0.717, 1.165) is 25.0 Å². The Hall–Kier alpha value is -1.68. The third-order valence-corrected chi connectivity index (χ3v) is 3.93. The summed E-state index contributed by atoms with van der Waals surface area (Å²) in [6.45, 7) is 2.79. The fourth-order valence-electron chi connectivity index (χ4n) is 2.11. The van der Waals surface area contributed by atoms with E-state index >= 15 is 0 Å². The van der Waals surface area contributed by atoms with Crippen molar-refractivity contribution in [1.29, 1.82) is 0 Å². The van der Waals surface area contributed by atoms with Crippen molar-refractivity contribution in [2.75, 3.05) is 6.54 Å². The maximum absolute atomic E-state index is 11.7. The normalized spacial score (nSPS) is 10.4. The summed E-state index contributed by atoms with van der Waals surface area (Å²) in [4.78, 5) is 15.9. The summed E-state index contributed by atoms with van der Waals surface area (Å²) in [5, 5.41) is 4.97. The number of aryl methyl sites for hydroxylation is 2. The quantitative estimate of drug-likeness (QED) is 0.850. The molecule has 0 saturated carbocycles. The first-order chi connectivity index (χ1) is 9.75. The standard InChI is InChI=1S/C16H20N2OS/c1-13-5-2-3-6-14(13)7-4-8-16(19)17-10-9-15-11-20-12-18-15/h2-3,5-6,11-12H,4,7-10H2,1H3,(H,17,19). The molecule has 0 fully saturated rings. The lowest BCUT2D eigenvalue weighted by Gasteiger charge is -2.06. The van der Waals surface area contributed by atoms with Crippen LogP contribution >= 0.6 is 11.3 Å². The van der Waals surface area contributed by atoms with Gasteiger partial charge < -0.3 is 5.32 Å². The van der Waals surface area contributed by atoms with E-state index < -0.39 is 0 Å². The SMILES string of the molecule is Cc1ccccc1CCCC(=O)NCCc1cscn1. The number of hydrogen-bond acceptors (Lipinski definition) is 3. The molecule has 0 radical (unpaired) electrons. The number of benzene rings is 1. The van der Waals surface area contributed by atoms with E-state index in [1.165, 1.54) is 11.1 Å². The molecule has 0 aliphatic heterocycles. The predicted octanol–water partition coefficient (Wildman–Crippen LogP) is 3.13. The van der Waals surface area contributed by atoms with Gasteiger partial charge in [0.05, 0.1) is 11.2 Å². The van der Waals surface area contributed by atoms with Gasteiger partial charge in [0.15, 0.2) is 0 Å². The van der Waals surface area contributed by atoms with Crippen LogP contribution in [-0.4, -0.2) is 17.4 Å². The van der Waals surface area contributed by atoms with Crippen molar-refractivity contribution in [1.82, 2.24) is 10.3 Å². The van der Waals surface area contributed by atoms with Crippen molar-refractivity contribution in [3.05, 3.63) is 52.0 Å². The van der Waals surface area contributed by atoms with Gasteiger partial charge in [-0.05, 0) is 30.9 Å².